The van der Waals surface area contributed by atoms with E-state index >= 15 is 0 Å². The molecular weight excluding hydrogens is 459 g/mol. The Hall–Kier alpha value is -3.60. The van der Waals surface area contributed by atoms with Crippen LogP contribution in [0.5, 0.6) is 0 Å². The number of nitrogens with zero attached hydrogens (tertiary/aromatic N) is 5. The van der Waals surface area contributed by atoms with Gasteiger partial charge in [-0.3, -0.25) is 9.78 Å². The summed E-state index contributed by atoms with van der Waals surface area (Å²) in [6, 6.07) is 15.6. The molecule has 0 saturated carbocycles. The van der Waals surface area contributed by atoms with Crippen LogP contribution in [0.3, 0.4) is 0 Å². The van der Waals surface area contributed by atoms with Gasteiger partial charge in [0, 0.05) is 49.0 Å². The fraction of sp³-hybridized carbons (Fsp3) is 0.200. The molecule has 0 bridgehead atoms. The number of anilines is 2. The van der Waals surface area contributed by atoms with E-state index < -0.39 is 7.05 Å². The highest BCUT2D eigenvalue weighted by atomic mass is 32.1. The van der Waals surface area contributed by atoms with Crippen molar-refractivity contribution in [3.8, 4) is 21.8 Å². The summed E-state index contributed by atoms with van der Waals surface area (Å²) in [5.74, 6) is 0.178. The molecule has 0 unspecified atom stereocenters. The van der Waals surface area contributed by atoms with E-state index in [1.54, 1.807) is 42.8 Å². The van der Waals surface area contributed by atoms with Gasteiger partial charge in [-0.1, -0.05) is 30.3 Å². The first-order chi connectivity index (χ1) is 17.1. The summed E-state index contributed by atoms with van der Waals surface area (Å²) in [6.45, 7) is 4.76. The van der Waals surface area contributed by atoms with E-state index in [2.05, 4.69) is 36.6 Å². The summed E-state index contributed by atoms with van der Waals surface area (Å²) in [4.78, 5) is 31.6. The standard InChI is InChI=1S/C25H25BN6O2S/c1-26(34)32-14-12-31(13-15-32)22-9-10-27-17-21(22)30-25(33)20-8-11-28-24(29-20)19-6-4-18(5-7-19)23-3-2-16-35-23/h2-11,16-17,34H,12-15H2,1H3,(H,30,33). The molecule has 1 aromatic carbocycles. The van der Waals surface area contributed by atoms with Gasteiger partial charge in [0.2, 0.25) is 0 Å². The van der Waals surface area contributed by atoms with Crippen LogP contribution < -0.4 is 10.2 Å². The molecule has 3 aromatic heterocycles. The number of amides is 1. The van der Waals surface area contributed by atoms with Gasteiger partial charge in [0.05, 0.1) is 17.6 Å². The molecule has 4 aromatic rings. The van der Waals surface area contributed by atoms with Crippen molar-refractivity contribution in [2.45, 2.75) is 6.82 Å². The number of hydrogen-bond donors (Lipinski definition) is 2. The van der Waals surface area contributed by atoms with Crippen molar-refractivity contribution >= 4 is 35.7 Å². The van der Waals surface area contributed by atoms with Crippen LogP contribution in [0.25, 0.3) is 21.8 Å². The molecule has 0 atom stereocenters. The van der Waals surface area contributed by atoms with Gasteiger partial charge in [0.15, 0.2) is 5.82 Å². The molecule has 1 aliphatic heterocycles. The second-order valence-corrected chi connectivity index (χ2v) is 9.27. The average Bonchev–Trinajstić information content (AvgIpc) is 3.44. The molecule has 1 amide bonds. The van der Waals surface area contributed by atoms with Crippen molar-refractivity contribution in [1.29, 1.82) is 0 Å². The average molecular weight is 484 g/mol. The SMILES string of the molecule is CB(O)N1CCN(c2ccncc2NC(=O)c2ccnc(-c3ccc(-c4cccs4)cc3)n2)CC1. The van der Waals surface area contributed by atoms with Gasteiger partial charge < -0.3 is 20.1 Å². The number of pyridine rings is 1. The lowest BCUT2D eigenvalue weighted by molar-refractivity contribution is 0.102. The smallest absolute Gasteiger partial charge is 0.376 e. The summed E-state index contributed by atoms with van der Waals surface area (Å²) >= 11 is 1.69. The van der Waals surface area contributed by atoms with Crippen molar-refractivity contribution in [3.05, 3.63) is 78.2 Å². The fourth-order valence-electron chi connectivity index (χ4n) is 4.13. The predicted octanol–water partition coefficient (Wildman–Crippen LogP) is 3.75. The molecule has 8 nitrogen and oxygen atoms in total. The fourth-order valence-corrected chi connectivity index (χ4v) is 4.87. The first-order valence-electron chi connectivity index (χ1n) is 11.5. The lowest BCUT2D eigenvalue weighted by Gasteiger charge is -2.37. The quantitative estimate of drug-likeness (QED) is 0.403. The minimum Gasteiger partial charge on any atom is -0.437 e. The number of carbonyl (C=O) groups is 1. The second-order valence-electron chi connectivity index (χ2n) is 8.32. The lowest BCUT2D eigenvalue weighted by atomic mass is 9.84. The predicted molar refractivity (Wildman–Crippen MR) is 141 cm³/mol. The first-order valence-corrected chi connectivity index (χ1v) is 12.4. The van der Waals surface area contributed by atoms with Gasteiger partial charge in [-0.2, -0.15) is 0 Å². The highest BCUT2D eigenvalue weighted by Gasteiger charge is 2.24. The maximum Gasteiger partial charge on any atom is 0.376 e. The molecule has 176 valence electrons. The Morgan fingerprint density at radius 1 is 1.03 bits per heavy atom. The summed E-state index contributed by atoms with van der Waals surface area (Å²) < 4.78 is 0. The molecule has 1 saturated heterocycles. The van der Waals surface area contributed by atoms with Gasteiger partial charge in [-0.05, 0) is 36.0 Å². The van der Waals surface area contributed by atoms with Gasteiger partial charge in [0.1, 0.15) is 5.69 Å². The Morgan fingerprint density at radius 2 is 1.80 bits per heavy atom. The second kappa shape index (κ2) is 10.3. The molecule has 0 radical (unpaired) electrons. The lowest BCUT2D eigenvalue weighted by Crippen LogP contribution is -2.51. The van der Waals surface area contributed by atoms with Crippen LogP contribution in [0, 0.1) is 0 Å². The van der Waals surface area contributed by atoms with Crippen LogP contribution >= 0.6 is 11.3 Å². The molecule has 0 aliphatic carbocycles. The van der Waals surface area contributed by atoms with E-state index in [1.165, 1.54) is 4.88 Å². The van der Waals surface area contributed by atoms with Crippen LogP contribution in [-0.4, -0.2) is 63.9 Å². The molecule has 35 heavy (non-hydrogen) atoms. The van der Waals surface area contributed by atoms with Crippen LogP contribution in [0.2, 0.25) is 6.82 Å². The van der Waals surface area contributed by atoms with E-state index in [4.69, 9.17) is 0 Å². The van der Waals surface area contributed by atoms with Crippen LogP contribution in [-0.2, 0) is 0 Å². The molecule has 10 heteroatoms. The Kier molecular flexibility index (Phi) is 6.85. The van der Waals surface area contributed by atoms with E-state index in [-0.39, 0.29) is 11.6 Å². The monoisotopic (exact) mass is 484 g/mol. The van der Waals surface area contributed by atoms with Crippen molar-refractivity contribution in [2.24, 2.45) is 0 Å². The van der Waals surface area contributed by atoms with E-state index in [9.17, 15) is 9.82 Å². The molecule has 4 heterocycles. The Labute approximate surface area is 208 Å². The largest absolute Gasteiger partial charge is 0.437 e. The highest BCUT2D eigenvalue weighted by molar-refractivity contribution is 7.13. The van der Waals surface area contributed by atoms with Crippen molar-refractivity contribution in [1.82, 2.24) is 19.8 Å². The van der Waals surface area contributed by atoms with Gasteiger partial charge >= 0.3 is 7.05 Å². The van der Waals surface area contributed by atoms with Crippen molar-refractivity contribution in [2.75, 3.05) is 36.4 Å². The summed E-state index contributed by atoms with van der Waals surface area (Å²) in [7, 11) is -0.465. The van der Waals surface area contributed by atoms with E-state index in [1.807, 2.05) is 41.2 Å². The first kappa shape index (κ1) is 23.2. The third-order valence-corrected chi connectivity index (χ3v) is 6.99. The zero-order chi connectivity index (χ0) is 24.2. The molecule has 5 rings (SSSR count). The number of nitrogens with one attached hydrogen (secondary N) is 1. The summed E-state index contributed by atoms with van der Waals surface area (Å²) in [5.41, 5.74) is 3.79. The number of carbonyl (C=O) groups excluding carboxylic acids is 1. The Morgan fingerprint density at radius 3 is 2.51 bits per heavy atom. The number of thiophene rings is 1. The third-order valence-electron chi connectivity index (χ3n) is 6.07. The van der Waals surface area contributed by atoms with Gasteiger partial charge in [-0.15, -0.1) is 11.3 Å². The maximum absolute atomic E-state index is 13.1. The van der Waals surface area contributed by atoms with Crippen LogP contribution in [0.4, 0.5) is 11.4 Å². The number of benzene rings is 1. The van der Waals surface area contributed by atoms with Gasteiger partial charge in [-0.25, -0.2) is 9.97 Å². The molecule has 0 spiro atoms. The Bertz CT molecular complexity index is 1290. The molecule has 1 aliphatic rings. The highest BCUT2D eigenvalue weighted by Crippen LogP contribution is 2.28. The number of piperazine rings is 1. The van der Waals surface area contributed by atoms with Crippen molar-refractivity contribution < 1.29 is 9.82 Å². The van der Waals surface area contributed by atoms with Gasteiger partial charge in [0.25, 0.3) is 5.91 Å². The number of hydrogen-bond acceptors (Lipinski definition) is 8. The zero-order valence-electron chi connectivity index (χ0n) is 19.3. The van der Waals surface area contributed by atoms with E-state index in [0.717, 1.165) is 43.0 Å². The van der Waals surface area contributed by atoms with Crippen LogP contribution in [0.15, 0.2) is 72.5 Å². The topological polar surface area (TPSA) is 94.5 Å². The molecule has 2 N–H and O–H groups in total. The molecule has 1 fully saturated rings. The minimum atomic E-state index is -0.465. The minimum absolute atomic E-state index is 0.283. The van der Waals surface area contributed by atoms with Crippen LogP contribution in [0.1, 0.15) is 10.5 Å². The normalized spacial score (nSPS) is 14.1. The third kappa shape index (κ3) is 5.24. The zero-order valence-corrected chi connectivity index (χ0v) is 20.2. The maximum atomic E-state index is 13.1. The van der Waals surface area contributed by atoms with Crippen molar-refractivity contribution in [3.63, 3.8) is 0 Å². The number of aromatic nitrogens is 3. The summed E-state index contributed by atoms with van der Waals surface area (Å²) in [5, 5.41) is 14.8. The Balaban J connectivity index is 1.31. The molecular formula is C25H25BN6O2S. The van der Waals surface area contributed by atoms with E-state index in [0.29, 0.717) is 11.5 Å². The number of rotatable bonds is 6. The summed E-state index contributed by atoms with van der Waals surface area (Å²) in [6.07, 6.45) is 4.97.